The minimum absolute atomic E-state index is 0.198. The lowest BCUT2D eigenvalue weighted by Gasteiger charge is -2.15. The van der Waals surface area contributed by atoms with Gasteiger partial charge in [0.1, 0.15) is 24.2 Å². The molecule has 1 aromatic heterocycles. The Balaban J connectivity index is 1.45. The van der Waals surface area contributed by atoms with Gasteiger partial charge in [0, 0.05) is 5.56 Å². The Morgan fingerprint density at radius 1 is 1.27 bits per heavy atom. The maximum absolute atomic E-state index is 12.2. The number of thiazole rings is 1. The maximum atomic E-state index is 12.2. The van der Waals surface area contributed by atoms with Gasteiger partial charge in [-0.3, -0.25) is 10.1 Å². The molecule has 6 nitrogen and oxygen atoms in total. The van der Waals surface area contributed by atoms with E-state index in [-0.39, 0.29) is 12.5 Å². The van der Waals surface area contributed by atoms with Crippen molar-refractivity contribution in [3.05, 3.63) is 59.0 Å². The quantitative estimate of drug-likeness (QED) is 0.766. The molecule has 0 radical (unpaired) electrons. The van der Waals surface area contributed by atoms with Crippen molar-refractivity contribution in [1.29, 1.82) is 5.26 Å². The molecule has 1 aliphatic heterocycles. The van der Waals surface area contributed by atoms with Crippen molar-refractivity contribution in [2.45, 2.75) is 6.61 Å². The number of para-hydroxylation sites is 2. The summed E-state index contributed by atoms with van der Waals surface area (Å²) in [5, 5.41) is 12.3. The van der Waals surface area contributed by atoms with E-state index in [4.69, 9.17) is 14.7 Å². The van der Waals surface area contributed by atoms with E-state index in [2.05, 4.69) is 10.3 Å². The number of amides is 1. The Labute approximate surface area is 153 Å². The topological polar surface area (TPSA) is 84.2 Å². The van der Waals surface area contributed by atoms with E-state index in [1.165, 1.54) is 11.3 Å². The Hall–Kier alpha value is -3.37. The van der Waals surface area contributed by atoms with Crippen molar-refractivity contribution in [2.24, 2.45) is 0 Å². The molecule has 128 valence electrons. The molecule has 0 saturated carbocycles. The van der Waals surface area contributed by atoms with Gasteiger partial charge in [-0.25, -0.2) is 4.98 Å². The lowest BCUT2D eigenvalue weighted by atomic mass is 10.1. The third kappa shape index (κ3) is 3.10. The smallest absolute Gasteiger partial charge is 0.264 e. The number of rotatable bonds is 4. The number of hydrogen-bond acceptors (Lipinski definition) is 6. The SMILES string of the molecule is N#Cc1ccccc1OCC(=O)Nc1nc2c(s1)COc1ccccc1-2. The molecule has 0 unspecified atom stereocenters. The van der Waals surface area contributed by atoms with Crippen molar-refractivity contribution in [1.82, 2.24) is 4.98 Å². The molecule has 0 spiro atoms. The third-order valence-electron chi connectivity index (χ3n) is 3.81. The van der Waals surface area contributed by atoms with Gasteiger partial charge in [0.05, 0.1) is 16.1 Å². The zero-order chi connectivity index (χ0) is 17.9. The van der Waals surface area contributed by atoms with Crippen molar-refractivity contribution in [3.8, 4) is 28.8 Å². The van der Waals surface area contributed by atoms with E-state index in [1.807, 2.05) is 30.3 Å². The van der Waals surface area contributed by atoms with Crippen LogP contribution in [0.1, 0.15) is 10.4 Å². The highest BCUT2D eigenvalue weighted by Crippen LogP contribution is 2.40. The summed E-state index contributed by atoms with van der Waals surface area (Å²) in [5.41, 5.74) is 2.14. The highest BCUT2D eigenvalue weighted by Gasteiger charge is 2.22. The van der Waals surface area contributed by atoms with E-state index in [9.17, 15) is 4.79 Å². The van der Waals surface area contributed by atoms with Crippen LogP contribution in [0.4, 0.5) is 5.13 Å². The lowest BCUT2D eigenvalue weighted by Crippen LogP contribution is -2.20. The number of fused-ring (bicyclic) bond motifs is 3. The van der Waals surface area contributed by atoms with E-state index >= 15 is 0 Å². The molecular weight excluding hydrogens is 350 g/mol. The minimum Gasteiger partial charge on any atom is -0.487 e. The van der Waals surface area contributed by atoms with Gasteiger partial charge in [-0.1, -0.05) is 35.6 Å². The lowest BCUT2D eigenvalue weighted by molar-refractivity contribution is -0.118. The Bertz CT molecular complexity index is 1020. The predicted octanol–water partition coefficient (Wildman–Crippen LogP) is 3.59. The molecular formula is C19H13N3O3S. The number of nitrogens with one attached hydrogen (secondary N) is 1. The van der Waals surface area contributed by atoms with E-state index in [0.29, 0.717) is 23.1 Å². The molecule has 0 saturated heterocycles. The Kier molecular flexibility index (Phi) is 4.25. The highest BCUT2D eigenvalue weighted by molar-refractivity contribution is 7.16. The van der Waals surface area contributed by atoms with Gasteiger partial charge >= 0.3 is 0 Å². The van der Waals surface area contributed by atoms with Crippen LogP contribution < -0.4 is 14.8 Å². The van der Waals surface area contributed by atoms with Crippen LogP contribution in [0, 0.1) is 11.3 Å². The zero-order valence-corrected chi connectivity index (χ0v) is 14.4. The number of aromatic nitrogens is 1. The summed E-state index contributed by atoms with van der Waals surface area (Å²) in [4.78, 5) is 17.6. The van der Waals surface area contributed by atoms with Crippen LogP contribution in [0.5, 0.6) is 11.5 Å². The second kappa shape index (κ2) is 6.86. The summed E-state index contributed by atoms with van der Waals surface area (Å²) in [6.45, 7) is 0.238. The fourth-order valence-electron chi connectivity index (χ4n) is 2.63. The number of ether oxygens (including phenoxy) is 2. The monoisotopic (exact) mass is 363 g/mol. The van der Waals surface area contributed by atoms with Gasteiger partial charge in [0.15, 0.2) is 11.7 Å². The molecule has 2 aromatic carbocycles. The average molecular weight is 363 g/mol. The van der Waals surface area contributed by atoms with Crippen molar-refractivity contribution in [3.63, 3.8) is 0 Å². The van der Waals surface area contributed by atoms with Crippen molar-refractivity contribution < 1.29 is 14.3 Å². The number of benzene rings is 2. The number of hydrogen-bond donors (Lipinski definition) is 1. The molecule has 3 aromatic rings. The van der Waals surface area contributed by atoms with Crippen LogP contribution in [0.2, 0.25) is 0 Å². The molecule has 1 aliphatic rings. The molecule has 0 atom stereocenters. The Morgan fingerprint density at radius 2 is 2.08 bits per heavy atom. The van der Waals surface area contributed by atoms with E-state index in [0.717, 1.165) is 21.9 Å². The molecule has 0 bridgehead atoms. The summed E-state index contributed by atoms with van der Waals surface area (Å²) < 4.78 is 11.1. The number of carbonyl (C=O) groups is 1. The van der Waals surface area contributed by atoms with Crippen LogP contribution in [0.15, 0.2) is 48.5 Å². The zero-order valence-electron chi connectivity index (χ0n) is 13.6. The van der Waals surface area contributed by atoms with Crippen molar-refractivity contribution in [2.75, 3.05) is 11.9 Å². The Morgan fingerprint density at radius 3 is 2.96 bits per heavy atom. The molecule has 7 heteroatoms. The second-order valence-corrected chi connectivity index (χ2v) is 6.60. The first-order chi connectivity index (χ1) is 12.7. The van der Waals surface area contributed by atoms with Gasteiger partial charge in [-0.05, 0) is 24.3 Å². The molecule has 1 amide bonds. The van der Waals surface area contributed by atoms with Crippen molar-refractivity contribution >= 4 is 22.4 Å². The van der Waals surface area contributed by atoms with Gasteiger partial charge < -0.3 is 9.47 Å². The van der Waals surface area contributed by atoms with Gasteiger partial charge in [-0.2, -0.15) is 5.26 Å². The predicted molar refractivity (Wildman–Crippen MR) is 97.2 cm³/mol. The van der Waals surface area contributed by atoms with Crippen LogP contribution in [-0.2, 0) is 11.4 Å². The normalized spacial score (nSPS) is 11.5. The number of nitriles is 1. The van der Waals surface area contributed by atoms with Crippen LogP contribution in [-0.4, -0.2) is 17.5 Å². The molecule has 0 fully saturated rings. The molecule has 4 rings (SSSR count). The standard InChI is InChI=1S/C19H13N3O3S/c20-9-12-5-1-3-7-14(12)25-11-17(23)21-19-22-18-13-6-2-4-8-15(13)24-10-16(18)26-19/h1-8H,10-11H2,(H,21,22,23). The first-order valence-electron chi connectivity index (χ1n) is 7.88. The number of nitrogens with zero attached hydrogens (tertiary/aromatic N) is 2. The summed E-state index contributed by atoms with van der Waals surface area (Å²) in [7, 11) is 0. The molecule has 26 heavy (non-hydrogen) atoms. The van der Waals surface area contributed by atoms with Gasteiger partial charge in [0.25, 0.3) is 5.91 Å². The fourth-order valence-corrected chi connectivity index (χ4v) is 3.53. The summed E-state index contributed by atoms with van der Waals surface area (Å²) >= 11 is 1.38. The number of carbonyl (C=O) groups excluding carboxylic acids is 1. The van der Waals surface area contributed by atoms with Crippen LogP contribution in [0.3, 0.4) is 0 Å². The molecule has 2 heterocycles. The van der Waals surface area contributed by atoms with Crippen LogP contribution in [0.25, 0.3) is 11.3 Å². The first kappa shape index (κ1) is 16.1. The maximum Gasteiger partial charge on any atom is 0.264 e. The third-order valence-corrected chi connectivity index (χ3v) is 4.76. The summed E-state index contributed by atoms with van der Waals surface area (Å²) in [6, 6.07) is 16.5. The number of anilines is 1. The average Bonchev–Trinajstić information content (AvgIpc) is 3.09. The van der Waals surface area contributed by atoms with Crippen LogP contribution >= 0.6 is 11.3 Å². The summed E-state index contributed by atoms with van der Waals surface area (Å²) in [5.74, 6) is 0.837. The van der Waals surface area contributed by atoms with E-state index < -0.39 is 0 Å². The largest absolute Gasteiger partial charge is 0.487 e. The second-order valence-electron chi connectivity index (χ2n) is 5.52. The minimum atomic E-state index is -0.335. The van der Waals surface area contributed by atoms with Gasteiger partial charge in [0.2, 0.25) is 0 Å². The molecule has 1 N–H and O–H groups in total. The van der Waals surface area contributed by atoms with Gasteiger partial charge in [-0.15, -0.1) is 0 Å². The summed E-state index contributed by atoms with van der Waals surface area (Å²) in [6.07, 6.45) is 0. The first-order valence-corrected chi connectivity index (χ1v) is 8.70. The van der Waals surface area contributed by atoms with E-state index in [1.54, 1.807) is 24.3 Å². The highest BCUT2D eigenvalue weighted by atomic mass is 32.1. The fraction of sp³-hybridized carbons (Fsp3) is 0.105. The molecule has 0 aliphatic carbocycles.